The summed E-state index contributed by atoms with van der Waals surface area (Å²) >= 11 is 0. The van der Waals surface area contributed by atoms with Crippen molar-refractivity contribution in [3.8, 4) is 11.8 Å². The summed E-state index contributed by atoms with van der Waals surface area (Å²) in [6.07, 6.45) is 1.50. The third kappa shape index (κ3) is 4.08. The lowest BCUT2D eigenvalue weighted by atomic mass is 10.0. The van der Waals surface area contributed by atoms with Crippen molar-refractivity contribution in [3.63, 3.8) is 0 Å². The van der Waals surface area contributed by atoms with E-state index in [1.54, 1.807) is 7.11 Å². The Labute approximate surface area is 103 Å². The smallest absolute Gasteiger partial charge is 0.123 e. The fourth-order valence-corrected chi connectivity index (χ4v) is 1.87. The largest absolute Gasteiger partial charge is 0.496 e. The molecule has 0 amide bonds. The lowest BCUT2D eigenvalue weighted by molar-refractivity contribution is 0.407. The maximum Gasteiger partial charge on any atom is 0.123 e. The van der Waals surface area contributed by atoms with Crippen LogP contribution in [-0.2, 0) is 6.54 Å². The molecule has 0 fully saturated rings. The molecular formula is C14H20N2O. The predicted octanol–water partition coefficient (Wildman–Crippen LogP) is 2.71. The Morgan fingerprint density at radius 3 is 2.76 bits per heavy atom. The van der Waals surface area contributed by atoms with Crippen molar-refractivity contribution in [2.45, 2.75) is 33.2 Å². The molecule has 3 heteroatoms. The highest BCUT2D eigenvalue weighted by Gasteiger charge is 2.06. The van der Waals surface area contributed by atoms with Crippen LogP contribution in [0.15, 0.2) is 12.1 Å². The Balaban J connectivity index is 2.61. The quantitative estimate of drug-likeness (QED) is 0.767. The molecule has 3 nitrogen and oxygen atoms in total. The second-order valence-electron chi connectivity index (χ2n) is 4.20. The Morgan fingerprint density at radius 1 is 1.35 bits per heavy atom. The number of hydrogen-bond donors (Lipinski definition) is 1. The highest BCUT2D eigenvalue weighted by molar-refractivity contribution is 5.42. The number of nitriles is 1. The monoisotopic (exact) mass is 232 g/mol. The van der Waals surface area contributed by atoms with E-state index >= 15 is 0 Å². The number of hydrogen-bond acceptors (Lipinski definition) is 3. The number of unbranched alkanes of at least 4 members (excludes halogenated alkanes) is 1. The predicted molar refractivity (Wildman–Crippen MR) is 69.0 cm³/mol. The van der Waals surface area contributed by atoms with Gasteiger partial charge in [0.05, 0.1) is 13.2 Å². The average molecular weight is 232 g/mol. The Kier molecular flexibility index (Phi) is 5.51. The van der Waals surface area contributed by atoms with Crippen LogP contribution in [-0.4, -0.2) is 13.7 Å². The minimum absolute atomic E-state index is 0.608. The number of benzene rings is 1. The molecule has 0 aromatic heterocycles. The molecule has 0 bridgehead atoms. The molecule has 0 radical (unpaired) electrons. The third-order valence-corrected chi connectivity index (χ3v) is 2.74. The zero-order valence-corrected chi connectivity index (χ0v) is 10.8. The third-order valence-electron chi connectivity index (χ3n) is 2.74. The van der Waals surface area contributed by atoms with E-state index in [0.29, 0.717) is 6.42 Å². The van der Waals surface area contributed by atoms with Gasteiger partial charge in [-0.2, -0.15) is 5.26 Å². The summed E-state index contributed by atoms with van der Waals surface area (Å²) in [5, 5.41) is 11.8. The Bertz CT molecular complexity index is 407. The first-order valence-corrected chi connectivity index (χ1v) is 5.90. The van der Waals surface area contributed by atoms with Crippen LogP contribution in [0.2, 0.25) is 0 Å². The molecule has 0 aliphatic rings. The van der Waals surface area contributed by atoms with Crippen molar-refractivity contribution in [1.82, 2.24) is 5.32 Å². The normalized spacial score (nSPS) is 10.0. The molecule has 0 saturated carbocycles. The molecule has 0 aliphatic heterocycles. The van der Waals surface area contributed by atoms with Crippen molar-refractivity contribution in [2.24, 2.45) is 0 Å². The van der Waals surface area contributed by atoms with Gasteiger partial charge in [0, 0.05) is 18.5 Å². The molecular weight excluding hydrogens is 212 g/mol. The first kappa shape index (κ1) is 13.5. The van der Waals surface area contributed by atoms with E-state index in [2.05, 4.69) is 37.4 Å². The fraction of sp³-hybridized carbons (Fsp3) is 0.500. The van der Waals surface area contributed by atoms with Crippen LogP contribution in [0.3, 0.4) is 0 Å². The lowest BCUT2D eigenvalue weighted by Crippen LogP contribution is -2.16. The van der Waals surface area contributed by atoms with Crippen molar-refractivity contribution in [2.75, 3.05) is 13.7 Å². The topological polar surface area (TPSA) is 45.0 Å². The molecule has 0 spiro atoms. The zero-order chi connectivity index (χ0) is 12.7. The minimum atomic E-state index is 0.608. The van der Waals surface area contributed by atoms with Crippen LogP contribution in [0.4, 0.5) is 0 Å². The van der Waals surface area contributed by atoms with E-state index in [0.717, 1.165) is 25.3 Å². The summed E-state index contributed by atoms with van der Waals surface area (Å²) in [5.41, 5.74) is 3.66. The van der Waals surface area contributed by atoms with Gasteiger partial charge in [-0.1, -0.05) is 6.07 Å². The lowest BCUT2D eigenvalue weighted by Gasteiger charge is -2.13. The first-order chi connectivity index (χ1) is 8.19. The summed E-state index contributed by atoms with van der Waals surface area (Å²) in [6.45, 7) is 5.83. The van der Waals surface area contributed by atoms with Crippen LogP contribution < -0.4 is 10.1 Å². The summed E-state index contributed by atoms with van der Waals surface area (Å²) in [5.74, 6) is 0.940. The molecule has 0 atom stereocenters. The van der Waals surface area contributed by atoms with Gasteiger partial charge in [0.25, 0.3) is 0 Å². The van der Waals surface area contributed by atoms with Crippen molar-refractivity contribution in [3.05, 3.63) is 28.8 Å². The van der Waals surface area contributed by atoms with E-state index in [9.17, 15) is 0 Å². The van der Waals surface area contributed by atoms with Gasteiger partial charge in [0.15, 0.2) is 0 Å². The van der Waals surface area contributed by atoms with E-state index < -0.39 is 0 Å². The van der Waals surface area contributed by atoms with E-state index in [4.69, 9.17) is 10.00 Å². The highest BCUT2D eigenvalue weighted by Crippen LogP contribution is 2.23. The molecule has 1 aromatic carbocycles. The van der Waals surface area contributed by atoms with Crippen LogP contribution >= 0.6 is 0 Å². The molecule has 1 N–H and O–H groups in total. The Morgan fingerprint density at radius 2 is 2.12 bits per heavy atom. The number of aryl methyl sites for hydroxylation is 2. The van der Waals surface area contributed by atoms with E-state index in [-0.39, 0.29) is 0 Å². The molecule has 17 heavy (non-hydrogen) atoms. The van der Waals surface area contributed by atoms with Gasteiger partial charge in [-0.3, -0.25) is 0 Å². The summed E-state index contributed by atoms with van der Waals surface area (Å²) < 4.78 is 5.39. The number of methoxy groups -OCH3 is 1. The van der Waals surface area contributed by atoms with Gasteiger partial charge < -0.3 is 10.1 Å². The van der Waals surface area contributed by atoms with Gasteiger partial charge in [-0.05, 0) is 44.0 Å². The number of nitrogens with one attached hydrogen (secondary N) is 1. The SMILES string of the molecule is COc1cc(C)cc(C)c1CNCCCC#N. The second kappa shape index (κ2) is 6.93. The van der Waals surface area contributed by atoms with Crippen LogP contribution in [0.25, 0.3) is 0 Å². The molecule has 0 saturated heterocycles. The summed E-state index contributed by atoms with van der Waals surface area (Å²) in [4.78, 5) is 0. The zero-order valence-electron chi connectivity index (χ0n) is 10.8. The molecule has 92 valence electrons. The molecule has 1 rings (SSSR count). The first-order valence-electron chi connectivity index (χ1n) is 5.90. The summed E-state index contributed by atoms with van der Waals surface area (Å²) in [7, 11) is 1.70. The van der Waals surface area contributed by atoms with Crippen LogP contribution in [0.1, 0.15) is 29.5 Å². The van der Waals surface area contributed by atoms with Gasteiger partial charge in [0.1, 0.15) is 5.75 Å². The highest BCUT2D eigenvalue weighted by atomic mass is 16.5. The van der Waals surface area contributed by atoms with Crippen LogP contribution in [0, 0.1) is 25.2 Å². The fourth-order valence-electron chi connectivity index (χ4n) is 1.87. The van der Waals surface area contributed by atoms with E-state index in [1.807, 2.05) is 0 Å². The Hall–Kier alpha value is -1.53. The number of rotatable bonds is 6. The van der Waals surface area contributed by atoms with Gasteiger partial charge in [-0.25, -0.2) is 0 Å². The molecule has 0 heterocycles. The molecule has 1 aromatic rings. The van der Waals surface area contributed by atoms with Gasteiger partial charge in [-0.15, -0.1) is 0 Å². The standard InChI is InChI=1S/C14H20N2O/c1-11-8-12(2)13(14(9-11)17-3)10-16-7-5-4-6-15/h8-9,16H,4-5,7,10H2,1-3H3. The van der Waals surface area contributed by atoms with E-state index in [1.165, 1.54) is 16.7 Å². The minimum Gasteiger partial charge on any atom is -0.496 e. The van der Waals surface area contributed by atoms with Crippen molar-refractivity contribution < 1.29 is 4.74 Å². The molecule has 0 unspecified atom stereocenters. The average Bonchev–Trinajstić information content (AvgIpc) is 2.30. The van der Waals surface area contributed by atoms with Crippen molar-refractivity contribution in [1.29, 1.82) is 5.26 Å². The van der Waals surface area contributed by atoms with Gasteiger partial charge >= 0.3 is 0 Å². The van der Waals surface area contributed by atoms with Crippen molar-refractivity contribution >= 4 is 0 Å². The number of ether oxygens (including phenoxy) is 1. The second-order valence-corrected chi connectivity index (χ2v) is 4.20. The van der Waals surface area contributed by atoms with Crippen LogP contribution in [0.5, 0.6) is 5.75 Å². The maximum atomic E-state index is 8.44. The molecule has 0 aliphatic carbocycles. The van der Waals surface area contributed by atoms with Gasteiger partial charge in [0.2, 0.25) is 0 Å². The number of nitrogens with zero attached hydrogens (tertiary/aromatic N) is 1. The summed E-state index contributed by atoms with van der Waals surface area (Å²) in [6, 6.07) is 6.36. The maximum absolute atomic E-state index is 8.44.